The van der Waals surface area contributed by atoms with Gasteiger partial charge in [-0.2, -0.15) is 0 Å². The molecule has 29 heavy (non-hydrogen) atoms. The fourth-order valence-corrected chi connectivity index (χ4v) is 4.21. The van der Waals surface area contributed by atoms with Crippen molar-refractivity contribution >= 4 is 29.0 Å². The van der Waals surface area contributed by atoms with Gasteiger partial charge in [0.25, 0.3) is 5.91 Å². The van der Waals surface area contributed by atoms with Gasteiger partial charge in [-0.05, 0) is 43.5 Å². The number of anilines is 3. The highest BCUT2D eigenvalue weighted by Gasteiger charge is 2.36. The zero-order valence-electron chi connectivity index (χ0n) is 16.9. The van der Waals surface area contributed by atoms with Crippen molar-refractivity contribution in [2.75, 3.05) is 28.2 Å². The lowest BCUT2D eigenvalue weighted by Gasteiger charge is -2.36. The zero-order chi connectivity index (χ0) is 20.2. The second-order valence-corrected chi connectivity index (χ2v) is 7.79. The third kappa shape index (κ3) is 3.97. The number of pyridine rings is 1. The van der Waals surface area contributed by atoms with E-state index in [0.29, 0.717) is 17.7 Å². The highest BCUT2D eigenvalue weighted by Crippen LogP contribution is 2.34. The van der Waals surface area contributed by atoms with E-state index < -0.39 is 6.04 Å². The van der Waals surface area contributed by atoms with Gasteiger partial charge < -0.3 is 10.2 Å². The molecule has 0 radical (unpaired) electrons. The van der Waals surface area contributed by atoms with Crippen LogP contribution in [0, 0.1) is 0 Å². The van der Waals surface area contributed by atoms with Crippen LogP contribution < -0.4 is 15.1 Å². The molecule has 0 bridgehead atoms. The van der Waals surface area contributed by atoms with Gasteiger partial charge in [-0.3, -0.25) is 14.5 Å². The van der Waals surface area contributed by atoms with Crippen molar-refractivity contribution in [2.45, 2.75) is 51.5 Å². The van der Waals surface area contributed by atoms with Crippen LogP contribution >= 0.6 is 0 Å². The van der Waals surface area contributed by atoms with Crippen LogP contribution in [0.2, 0.25) is 0 Å². The van der Waals surface area contributed by atoms with Crippen LogP contribution in [0.5, 0.6) is 0 Å². The molecule has 2 aliphatic rings. The summed E-state index contributed by atoms with van der Waals surface area (Å²) in [5, 5.41) is 2.93. The minimum Gasteiger partial charge on any atom is -0.357 e. The third-order valence-electron chi connectivity index (χ3n) is 5.74. The molecule has 2 amide bonds. The van der Waals surface area contributed by atoms with Crippen LogP contribution in [-0.2, 0) is 4.79 Å². The summed E-state index contributed by atoms with van der Waals surface area (Å²) in [6.07, 6.45) is 7.98. The number of nitrogens with zero attached hydrogens (tertiary/aromatic N) is 3. The summed E-state index contributed by atoms with van der Waals surface area (Å²) in [6, 6.07) is 10.7. The van der Waals surface area contributed by atoms with Crippen molar-refractivity contribution in [3.05, 3.63) is 48.2 Å². The summed E-state index contributed by atoms with van der Waals surface area (Å²) < 4.78 is 0. The Bertz CT molecular complexity index is 873. The summed E-state index contributed by atoms with van der Waals surface area (Å²) in [5.74, 6) is 0.610. The molecule has 1 aromatic heterocycles. The number of hydrogen-bond donors (Lipinski definition) is 1. The first-order valence-electron chi connectivity index (χ1n) is 10.6. The van der Waals surface area contributed by atoms with Crippen molar-refractivity contribution < 1.29 is 9.59 Å². The van der Waals surface area contributed by atoms with E-state index in [1.165, 1.54) is 25.7 Å². The van der Waals surface area contributed by atoms with E-state index in [2.05, 4.69) is 15.2 Å². The van der Waals surface area contributed by atoms with E-state index >= 15 is 0 Å². The molecule has 0 spiro atoms. The second kappa shape index (κ2) is 8.64. The second-order valence-electron chi connectivity index (χ2n) is 7.79. The molecular formula is C23H28N4O2. The lowest BCUT2D eigenvalue weighted by Crippen LogP contribution is -2.51. The Morgan fingerprint density at radius 3 is 2.55 bits per heavy atom. The van der Waals surface area contributed by atoms with Crippen molar-refractivity contribution in [3.8, 4) is 0 Å². The number of fused-ring (bicyclic) bond motifs is 1. The average Bonchev–Trinajstić information content (AvgIpc) is 3.04. The van der Waals surface area contributed by atoms with Gasteiger partial charge in [0.1, 0.15) is 11.9 Å². The van der Waals surface area contributed by atoms with Crippen LogP contribution in [0.15, 0.2) is 42.6 Å². The molecule has 2 aliphatic heterocycles. The van der Waals surface area contributed by atoms with Crippen LogP contribution in [-0.4, -0.2) is 35.9 Å². The number of rotatable bonds is 4. The third-order valence-corrected chi connectivity index (χ3v) is 5.74. The Labute approximate surface area is 171 Å². The number of carbonyl (C=O) groups excluding carboxylic acids is 2. The van der Waals surface area contributed by atoms with E-state index in [4.69, 9.17) is 0 Å². The van der Waals surface area contributed by atoms with Gasteiger partial charge in [0.05, 0.1) is 16.9 Å². The molecule has 1 unspecified atom stereocenters. The molecule has 1 atom stereocenters. The first-order chi connectivity index (χ1) is 14.2. The predicted molar refractivity (Wildman–Crippen MR) is 115 cm³/mol. The molecule has 152 valence electrons. The fourth-order valence-electron chi connectivity index (χ4n) is 4.21. The smallest absolute Gasteiger partial charge is 0.260 e. The Morgan fingerprint density at radius 2 is 1.86 bits per heavy atom. The minimum atomic E-state index is -0.507. The van der Waals surface area contributed by atoms with Crippen molar-refractivity contribution in [3.63, 3.8) is 0 Å². The molecule has 1 aromatic carbocycles. The summed E-state index contributed by atoms with van der Waals surface area (Å²) in [4.78, 5) is 34.6. The molecule has 0 aliphatic carbocycles. The standard InChI is InChI=1S/C23H28N4O2/c1-2-9-20-22(28)25-18-10-5-6-11-19(18)27(20)23(29)17-12-13-21(24-16-17)26-14-7-3-4-8-15-26/h5-6,10-13,16,20H,2-4,7-9,14-15H2,1H3,(H,25,28). The number of nitrogens with one attached hydrogen (secondary N) is 1. The van der Waals surface area contributed by atoms with Crippen LogP contribution in [0.1, 0.15) is 55.8 Å². The monoisotopic (exact) mass is 392 g/mol. The molecular weight excluding hydrogens is 364 g/mol. The summed E-state index contributed by atoms with van der Waals surface area (Å²) in [5.41, 5.74) is 1.92. The van der Waals surface area contributed by atoms with Gasteiger partial charge >= 0.3 is 0 Å². The minimum absolute atomic E-state index is 0.131. The van der Waals surface area contributed by atoms with Gasteiger partial charge in [0.2, 0.25) is 5.91 Å². The van der Waals surface area contributed by atoms with E-state index in [-0.39, 0.29) is 11.8 Å². The average molecular weight is 393 g/mol. The van der Waals surface area contributed by atoms with E-state index in [1.807, 2.05) is 43.3 Å². The lowest BCUT2D eigenvalue weighted by atomic mass is 10.0. The highest BCUT2D eigenvalue weighted by molar-refractivity contribution is 6.16. The summed E-state index contributed by atoms with van der Waals surface area (Å²) in [6.45, 7) is 4.05. The largest absolute Gasteiger partial charge is 0.357 e. The van der Waals surface area contributed by atoms with Crippen LogP contribution in [0.25, 0.3) is 0 Å². The first kappa shape index (κ1) is 19.4. The van der Waals surface area contributed by atoms with Crippen molar-refractivity contribution in [1.82, 2.24) is 4.98 Å². The molecule has 6 heteroatoms. The quantitative estimate of drug-likeness (QED) is 0.846. The molecule has 6 nitrogen and oxygen atoms in total. The first-order valence-corrected chi connectivity index (χ1v) is 10.6. The van der Waals surface area contributed by atoms with Gasteiger partial charge in [-0.15, -0.1) is 0 Å². The van der Waals surface area contributed by atoms with Crippen molar-refractivity contribution in [2.24, 2.45) is 0 Å². The van der Waals surface area contributed by atoms with E-state index in [9.17, 15) is 9.59 Å². The van der Waals surface area contributed by atoms with Gasteiger partial charge in [-0.25, -0.2) is 4.98 Å². The molecule has 4 rings (SSSR count). The fraction of sp³-hybridized carbons (Fsp3) is 0.435. The maximum atomic E-state index is 13.4. The molecule has 1 saturated heterocycles. The van der Waals surface area contributed by atoms with Crippen molar-refractivity contribution in [1.29, 1.82) is 0 Å². The number of para-hydroxylation sites is 2. The van der Waals surface area contributed by atoms with Gasteiger partial charge in [0.15, 0.2) is 0 Å². The maximum Gasteiger partial charge on any atom is 0.260 e. The lowest BCUT2D eigenvalue weighted by molar-refractivity contribution is -0.117. The molecule has 2 aromatic rings. The number of carbonyl (C=O) groups is 2. The Morgan fingerprint density at radius 1 is 1.10 bits per heavy atom. The summed E-state index contributed by atoms with van der Waals surface area (Å²) >= 11 is 0. The van der Waals surface area contributed by atoms with Gasteiger partial charge in [-0.1, -0.05) is 38.3 Å². The Hall–Kier alpha value is -2.89. The predicted octanol–water partition coefficient (Wildman–Crippen LogP) is 4.23. The van der Waals surface area contributed by atoms with E-state index in [1.54, 1.807) is 11.1 Å². The normalized spacial score (nSPS) is 19.3. The highest BCUT2D eigenvalue weighted by atomic mass is 16.2. The Kier molecular flexibility index (Phi) is 5.79. The molecule has 1 fully saturated rings. The van der Waals surface area contributed by atoms with Crippen LogP contribution in [0.4, 0.5) is 17.2 Å². The Balaban J connectivity index is 1.62. The zero-order valence-corrected chi connectivity index (χ0v) is 16.9. The van der Waals surface area contributed by atoms with Gasteiger partial charge in [0, 0.05) is 19.3 Å². The SMILES string of the molecule is CCCC1C(=O)Nc2ccccc2N1C(=O)c1ccc(N2CCCCCC2)nc1. The summed E-state index contributed by atoms with van der Waals surface area (Å²) in [7, 11) is 0. The number of amides is 2. The molecule has 1 N–H and O–H groups in total. The number of hydrogen-bond acceptors (Lipinski definition) is 4. The number of benzene rings is 1. The topological polar surface area (TPSA) is 65.5 Å². The van der Waals surface area contributed by atoms with E-state index in [0.717, 1.165) is 31.0 Å². The molecule has 0 saturated carbocycles. The number of aromatic nitrogens is 1. The maximum absolute atomic E-state index is 13.4. The molecule has 3 heterocycles. The van der Waals surface area contributed by atoms with Crippen LogP contribution in [0.3, 0.4) is 0 Å².